The Balaban J connectivity index is 2.29. The van der Waals surface area contributed by atoms with Gasteiger partial charge in [0.2, 0.25) is 0 Å². The van der Waals surface area contributed by atoms with Crippen LogP contribution in [-0.4, -0.2) is 17.5 Å². The summed E-state index contributed by atoms with van der Waals surface area (Å²) in [5.74, 6) is -0.0945. The number of anilines is 1. The Bertz CT molecular complexity index is 475. The van der Waals surface area contributed by atoms with Gasteiger partial charge in [-0.15, -0.1) is 0 Å². The molecule has 2 rings (SSSR count). The smallest absolute Gasteiger partial charge is 0.295 e. The summed E-state index contributed by atoms with van der Waals surface area (Å²) < 4.78 is 13.4. The topological polar surface area (TPSA) is 81.2 Å². The third-order valence-corrected chi connectivity index (χ3v) is 3.26. The van der Waals surface area contributed by atoms with E-state index in [4.69, 9.17) is 5.73 Å². The molecule has 0 bridgehead atoms. The molecule has 1 unspecified atom stereocenters. The van der Waals surface area contributed by atoms with Crippen LogP contribution in [-0.2, 0) is 0 Å². The van der Waals surface area contributed by atoms with Gasteiger partial charge in [0.25, 0.3) is 5.69 Å². The van der Waals surface area contributed by atoms with E-state index >= 15 is 0 Å². The van der Waals surface area contributed by atoms with E-state index in [2.05, 4.69) is 5.32 Å². The summed E-state index contributed by atoms with van der Waals surface area (Å²) in [7, 11) is 0. The van der Waals surface area contributed by atoms with Gasteiger partial charge in [-0.3, -0.25) is 10.1 Å². The van der Waals surface area contributed by atoms with Gasteiger partial charge in [-0.2, -0.15) is 0 Å². The number of benzene rings is 1. The highest BCUT2D eigenvalue weighted by molar-refractivity contribution is 5.63. The lowest BCUT2D eigenvalue weighted by Gasteiger charge is -2.17. The highest BCUT2D eigenvalue weighted by Gasteiger charge is 2.31. The first-order chi connectivity index (χ1) is 8.52. The number of nitro benzene ring substituents is 1. The largest absolute Gasteiger partial charge is 0.375 e. The zero-order valence-electron chi connectivity index (χ0n) is 10.1. The maximum absolute atomic E-state index is 13.4. The Morgan fingerprint density at radius 3 is 2.78 bits per heavy atom. The molecule has 5 nitrogen and oxygen atoms in total. The van der Waals surface area contributed by atoms with Crippen molar-refractivity contribution in [2.75, 3.05) is 11.9 Å². The number of nitrogens with one attached hydrogen (secondary N) is 1. The SMILES string of the molecule is Cc1cc(NC(CN)C2CC2)c([N+](=O)[O-])cc1F. The highest BCUT2D eigenvalue weighted by atomic mass is 19.1. The van der Waals surface area contributed by atoms with Crippen LogP contribution in [0.1, 0.15) is 18.4 Å². The second-order valence-electron chi connectivity index (χ2n) is 4.70. The molecule has 1 fully saturated rings. The van der Waals surface area contributed by atoms with Crippen molar-refractivity contribution in [1.29, 1.82) is 0 Å². The molecule has 1 atom stereocenters. The summed E-state index contributed by atoms with van der Waals surface area (Å²) in [5.41, 5.74) is 6.14. The van der Waals surface area contributed by atoms with Crippen molar-refractivity contribution in [3.8, 4) is 0 Å². The van der Waals surface area contributed by atoms with E-state index in [1.165, 1.54) is 6.07 Å². The van der Waals surface area contributed by atoms with Crippen molar-refractivity contribution >= 4 is 11.4 Å². The summed E-state index contributed by atoms with van der Waals surface area (Å²) in [5, 5.41) is 14.0. The van der Waals surface area contributed by atoms with Crippen molar-refractivity contribution in [2.45, 2.75) is 25.8 Å². The number of halogens is 1. The van der Waals surface area contributed by atoms with Gasteiger partial charge in [-0.25, -0.2) is 4.39 Å². The van der Waals surface area contributed by atoms with E-state index in [1.807, 2.05) is 0 Å². The molecule has 6 heteroatoms. The van der Waals surface area contributed by atoms with Crippen molar-refractivity contribution in [3.05, 3.63) is 33.6 Å². The zero-order chi connectivity index (χ0) is 13.3. The van der Waals surface area contributed by atoms with Gasteiger partial charge in [0.1, 0.15) is 11.5 Å². The van der Waals surface area contributed by atoms with Gasteiger partial charge in [0, 0.05) is 12.6 Å². The van der Waals surface area contributed by atoms with Gasteiger partial charge < -0.3 is 11.1 Å². The van der Waals surface area contributed by atoms with Gasteiger partial charge in [0.15, 0.2) is 0 Å². The Morgan fingerprint density at radius 1 is 1.61 bits per heavy atom. The summed E-state index contributed by atoms with van der Waals surface area (Å²) in [6.07, 6.45) is 2.17. The fourth-order valence-electron chi connectivity index (χ4n) is 2.01. The van der Waals surface area contributed by atoms with Crippen LogP contribution in [0.25, 0.3) is 0 Å². The lowest BCUT2D eigenvalue weighted by Crippen LogP contribution is -2.31. The molecule has 1 aromatic carbocycles. The zero-order valence-corrected chi connectivity index (χ0v) is 10.1. The van der Waals surface area contributed by atoms with Crippen LogP contribution in [0, 0.1) is 28.8 Å². The lowest BCUT2D eigenvalue weighted by molar-refractivity contribution is -0.384. The molecule has 0 saturated heterocycles. The summed E-state index contributed by atoms with van der Waals surface area (Å²) in [6.45, 7) is 2.00. The van der Waals surface area contributed by atoms with Gasteiger partial charge in [0.05, 0.1) is 11.0 Å². The minimum atomic E-state index is -0.578. The number of hydrogen-bond donors (Lipinski definition) is 2. The van der Waals surface area contributed by atoms with Gasteiger partial charge in [-0.1, -0.05) is 0 Å². The van der Waals surface area contributed by atoms with Crippen LogP contribution in [0.3, 0.4) is 0 Å². The monoisotopic (exact) mass is 253 g/mol. The second kappa shape index (κ2) is 4.89. The molecule has 1 aromatic rings. The third kappa shape index (κ3) is 2.59. The molecule has 3 N–H and O–H groups in total. The van der Waals surface area contributed by atoms with Crippen molar-refractivity contribution < 1.29 is 9.31 Å². The molecule has 1 aliphatic rings. The number of nitrogens with two attached hydrogens (primary N) is 1. The normalized spacial score (nSPS) is 16.4. The van der Waals surface area contributed by atoms with Crippen LogP contribution in [0.5, 0.6) is 0 Å². The van der Waals surface area contributed by atoms with Gasteiger partial charge >= 0.3 is 0 Å². The summed E-state index contributed by atoms with van der Waals surface area (Å²) in [4.78, 5) is 10.3. The quantitative estimate of drug-likeness (QED) is 0.622. The minimum Gasteiger partial charge on any atom is -0.375 e. The molecule has 1 aliphatic carbocycles. The Labute approximate surface area is 104 Å². The number of rotatable bonds is 5. The number of nitro groups is 1. The fraction of sp³-hybridized carbons (Fsp3) is 0.500. The fourth-order valence-corrected chi connectivity index (χ4v) is 2.01. The molecule has 0 heterocycles. The predicted molar refractivity (Wildman–Crippen MR) is 67.0 cm³/mol. The second-order valence-corrected chi connectivity index (χ2v) is 4.70. The van der Waals surface area contributed by atoms with E-state index in [-0.39, 0.29) is 11.7 Å². The van der Waals surface area contributed by atoms with Gasteiger partial charge in [-0.05, 0) is 37.3 Å². The summed E-state index contributed by atoms with van der Waals surface area (Å²) >= 11 is 0. The van der Waals surface area contributed by atoms with Crippen molar-refractivity contribution in [3.63, 3.8) is 0 Å². The van der Waals surface area contributed by atoms with Crippen LogP contribution < -0.4 is 11.1 Å². The molecule has 98 valence electrons. The average molecular weight is 253 g/mol. The standard InChI is InChI=1S/C12H16FN3O2/c1-7-4-10(12(16(17)18)5-9(7)13)15-11(6-14)8-2-3-8/h4-5,8,11,15H,2-3,6,14H2,1H3. The molecule has 18 heavy (non-hydrogen) atoms. The predicted octanol–water partition coefficient (Wildman–Crippen LogP) is 2.19. The first kappa shape index (κ1) is 12.8. The lowest BCUT2D eigenvalue weighted by atomic mass is 10.1. The van der Waals surface area contributed by atoms with Crippen molar-refractivity contribution in [2.24, 2.45) is 11.7 Å². The Hall–Kier alpha value is -1.69. The molecule has 0 aromatic heterocycles. The minimum absolute atomic E-state index is 0.0218. The first-order valence-corrected chi connectivity index (χ1v) is 5.94. The molecule has 0 radical (unpaired) electrons. The van der Waals surface area contributed by atoms with E-state index in [0.717, 1.165) is 18.9 Å². The van der Waals surface area contributed by atoms with Crippen LogP contribution in [0.2, 0.25) is 0 Å². The van der Waals surface area contributed by atoms with Crippen molar-refractivity contribution in [1.82, 2.24) is 0 Å². The molecule has 0 aliphatic heterocycles. The Kier molecular flexibility index (Phi) is 3.47. The first-order valence-electron chi connectivity index (χ1n) is 5.94. The molecule has 0 spiro atoms. The number of nitrogens with zero attached hydrogens (tertiary/aromatic N) is 1. The molecular formula is C12H16FN3O2. The molecule has 0 amide bonds. The third-order valence-electron chi connectivity index (χ3n) is 3.26. The van der Waals surface area contributed by atoms with Crippen LogP contribution >= 0.6 is 0 Å². The average Bonchev–Trinajstić information content (AvgIpc) is 3.13. The van der Waals surface area contributed by atoms with E-state index < -0.39 is 10.7 Å². The van der Waals surface area contributed by atoms with Crippen LogP contribution in [0.15, 0.2) is 12.1 Å². The van der Waals surface area contributed by atoms with Crippen LogP contribution in [0.4, 0.5) is 15.8 Å². The maximum Gasteiger partial charge on any atom is 0.295 e. The maximum atomic E-state index is 13.4. The van der Waals surface area contributed by atoms with E-state index in [9.17, 15) is 14.5 Å². The number of hydrogen-bond acceptors (Lipinski definition) is 4. The molecular weight excluding hydrogens is 237 g/mol. The van der Waals surface area contributed by atoms with E-state index in [1.54, 1.807) is 6.92 Å². The van der Waals surface area contributed by atoms with E-state index in [0.29, 0.717) is 23.7 Å². The highest BCUT2D eigenvalue weighted by Crippen LogP contribution is 2.36. The number of aryl methyl sites for hydroxylation is 1. The molecule has 1 saturated carbocycles. The summed E-state index contributed by atoms with van der Waals surface area (Å²) in [6, 6.07) is 2.45. The Morgan fingerprint density at radius 2 is 2.28 bits per heavy atom.